The van der Waals surface area contributed by atoms with E-state index in [1.165, 1.54) is 0 Å². The van der Waals surface area contributed by atoms with E-state index in [0.717, 1.165) is 4.48 Å². The van der Waals surface area contributed by atoms with Crippen LogP contribution in [0.1, 0.15) is 0 Å². The molecule has 0 fully saturated rings. The van der Waals surface area contributed by atoms with Crippen molar-refractivity contribution >= 4 is 44.4 Å². The number of carbonyl (C=O) groups excluding carboxylic acids is 1. The average Bonchev–Trinajstić information content (AvgIpc) is 2.06. The molecule has 0 aromatic heterocycles. The van der Waals surface area contributed by atoms with Crippen LogP contribution in [-0.2, 0) is 4.79 Å². The van der Waals surface area contributed by atoms with Crippen LogP contribution in [0.5, 0.6) is 0 Å². The minimum absolute atomic E-state index is 0.00678. The fourth-order valence-corrected chi connectivity index (χ4v) is 1.74. The van der Waals surface area contributed by atoms with Gasteiger partial charge < -0.3 is 0 Å². The van der Waals surface area contributed by atoms with Gasteiger partial charge in [0.1, 0.15) is 5.92 Å². The quantitative estimate of drug-likeness (QED) is 0.614. The van der Waals surface area contributed by atoms with Crippen LogP contribution < -0.4 is 0 Å². The van der Waals surface area contributed by atoms with Crippen LogP contribution >= 0.6 is 27.5 Å². The van der Waals surface area contributed by atoms with E-state index >= 15 is 0 Å². The molecule has 0 aromatic carbocycles. The summed E-state index contributed by atoms with van der Waals surface area (Å²) in [5.41, 5.74) is 0.646. The number of amides is 1. The van der Waals surface area contributed by atoms with Crippen LogP contribution in [-0.4, -0.2) is 16.9 Å². The Hall–Kier alpha value is -0.740. The van der Waals surface area contributed by atoms with E-state index in [4.69, 9.17) is 11.6 Å². The third kappa shape index (κ3) is 1.64. The molecule has 1 unspecified atom stereocenters. The molecule has 1 amide bonds. The molecule has 0 saturated heterocycles. The molecule has 1 aliphatic carbocycles. The van der Waals surface area contributed by atoms with E-state index in [1.807, 2.05) is 6.08 Å². The fraction of sp³-hybridized carbons (Fsp3) is 0.125. The van der Waals surface area contributed by atoms with Crippen LogP contribution in [0.25, 0.3) is 0 Å². The van der Waals surface area contributed by atoms with Crippen molar-refractivity contribution < 1.29 is 4.79 Å². The predicted octanol–water partition coefficient (Wildman–Crippen LogP) is 2.03. The Morgan fingerprint density at radius 3 is 2.92 bits per heavy atom. The summed E-state index contributed by atoms with van der Waals surface area (Å²) in [6.45, 7) is 0. The van der Waals surface area contributed by atoms with Gasteiger partial charge in [-0.2, -0.15) is 4.99 Å². The second-order valence-electron chi connectivity index (χ2n) is 2.62. The molecule has 13 heavy (non-hydrogen) atoms. The zero-order chi connectivity index (χ0) is 9.42. The second-order valence-corrected chi connectivity index (χ2v) is 3.87. The average molecular weight is 259 g/mol. The molecule has 1 heterocycles. The molecule has 3 nitrogen and oxygen atoms in total. The van der Waals surface area contributed by atoms with Gasteiger partial charge in [-0.15, -0.1) is 0 Å². The van der Waals surface area contributed by atoms with Crippen molar-refractivity contribution in [1.29, 1.82) is 0 Å². The van der Waals surface area contributed by atoms with Crippen molar-refractivity contribution in [2.24, 2.45) is 15.9 Å². The molecule has 1 aliphatic heterocycles. The summed E-state index contributed by atoms with van der Waals surface area (Å²) in [6, 6.07) is 0. The number of allylic oxidation sites excluding steroid dienone is 3. The molecule has 2 aliphatic rings. The Labute approximate surface area is 88.0 Å². The van der Waals surface area contributed by atoms with Crippen molar-refractivity contribution in [2.75, 3.05) is 0 Å². The molecule has 0 spiro atoms. The minimum Gasteiger partial charge on any atom is -0.271 e. The van der Waals surface area contributed by atoms with Gasteiger partial charge in [0, 0.05) is 4.48 Å². The SMILES string of the molecule is O=C1N=C(Cl)N=C2C=CC(Br)=CC12. The summed E-state index contributed by atoms with van der Waals surface area (Å²) >= 11 is 8.82. The van der Waals surface area contributed by atoms with Crippen molar-refractivity contribution in [3.8, 4) is 0 Å². The van der Waals surface area contributed by atoms with Crippen molar-refractivity contribution in [3.05, 3.63) is 22.7 Å². The van der Waals surface area contributed by atoms with Crippen molar-refractivity contribution in [2.45, 2.75) is 0 Å². The van der Waals surface area contributed by atoms with Crippen molar-refractivity contribution in [1.82, 2.24) is 0 Å². The molecule has 0 N–H and O–H groups in total. The van der Waals surface area contributed by atoms with E-state index in [-0.39, 0.29) is 17.1 Å². The van der Waals surface area contributed by atoms with Gasteiger partial charge in [0.05, 0.1) is 5.71 Å². The first-order chi connectivity index (χ1) is 6.16. The Morgan fingerprint density at radius 2 is 2.15 bits per heavy atom. The lowest BCUT2D eigenvalue weighted by atomic mass is 9.97. The first-order valence-electron chi connectivity index (χ1n) is 3.59. The van der Waals surface area contributed by atoms with E-state index in [2.05, 4.69) is 25.9 Å². The topological polar surface area (TPSA) is 41.8 Å². The van der Waals surface area contributed by atoms with E-state index in [0.29, 0.717) is 5.71 Å². The van der Waals surface area contributed by atoms with Gasteiger partial charge in [-0.05, 0) is 23.8 Å². The number of aliphatic imine (C=N–C) groups is 2. The summed E-state index contributed by atoms with van der Waals surface area (Å²) in [4.78, 5) is 18.8. The maximum atomic E-state index is 11.3. The maximum Gasteiger partial charge on any atom is 0.261 e. The van der Waals surface area contributed by atoms with Gasteiger partial charge in [-0.1, -0.05) is 22.0 Å². The zero-order valence-corrected chi connectivity index (χ0v) is 8.71. The third-order valence-electron chi connectivity index (χ3n) is 1.75. The second kappa shape index (κ2) is 3.20. The van der Waals surface area contributed by atoms with E-state index in [1.54, 1.807) is 12.2 Å². The number of halogens is 2. The van der Waals surface area contributed by atoms with Crippen LogP contribution in [0, 0.1) is 5.92 Å². The lowest BCUT2D eigenvalue weighted by Gasteiger charge is -2.16. The minimum atomic E-state index is -0.373. The first-order valence-corrected chi connectivity index (χ1v) is 4.76. The highest BCUT2D eigenvalue weighted by Crippen LogP contribution is 2.23. The van der Waals surface area contributed by atoms with Gasteiger partial charge in [0.15, 0.2) is 0 Å². The predicted molar refractivity (Wildman–Crippen MR) is 55.4 cm³/mol. The molecule has 0 aromatic rings. The molecule has 0 radical (unpaired) electrons. The summed E-state index contributed by atoms with van der Waals surface area (Å²) in [6.07, 6.45) is 5.33. The first kappa shape index (κ1) is 8.84. The summed E-state index contributed by atoms with van der Waals surface area (Å²) in [5.74, 6) is -0.641. The summed E-state index contributed by atoms with van der Waals surface area (Å²) < 4.78 is 0.859. The highest BCUT2D eigenvalue weighted by atomic mass is 79.9. The lowest BCUT2D eigenvalue weighted by molar-refractivity contribution is -0.118. The largest absolute Gasteiger partial charge is 0.271 e. The van der Waals surface area contributed by atoms with Crippen LogP contribution in [0.3, 0.4) is 0 Å². The summed E-state index contributed by atoms with van der Waals surface area (Å²) in [7, 11) is 0. The smallest absolute Gasteiger partial charge is 0.261 e. The van der Waals surface area contributed by atoms with Gasteiger partial charge in [0.25, 0.3) is 5.91 Å². The zero-order valence-electron chi connectivity index (χ0n) is 6.37. The number of amidine groups is 1. The van der Waals surface area contributed by atoms with Crippen molar-refractivity contribution in [3.63, 3.8) is 0 Å². The molecule has 0 saturated carbocycles. The maximum absolute atomic E-state index is 11.3. The molecular weight excluding hydrogens is 255 g/mol. The normalized spacial score (nSPS) is 26.2. The standard InChI is InChI=1S/C8H4BrClN2O/c9-4-1-2-6-5(3-4)7(13)12-8(10)11-6/h1-3,5H. The number of fused-ring (bicyclic) bond motifs is 1. The number of rotatable bonds is 0. The Bertz CT molecular complexity index is 395. The molecule has 0 bridgehead atoms. The third-order valence-corrected chi connectivity index (χ3v) is 2.45. The van der Waals surface area contributed by atoms with Crippen LogP contribution in [0.4, 0.5) is 0 Å². The highest BCUT2D eigenvalue weighted by Gasteiger charge is 2.26. The molecule has 5 heteroatoms. The molecule has 1 atom stereocenters. The lowest BCUT2D eigenvalue weighted by Crippen LogP contribution is -2.25. The summed E-state index contributed by atoms with van der Waals surface area (Å²) in [5, 5.41) is 0.00678. The molecule has 66 valence electrons. The van der Waals surface area contributed by atoms with Gasteiger partial charge in [-0.25, -0.2) is 4.99 Å². The fourth-order valence-electron chi connectivity index (χ4n) is 1.17. The number of hydrogen-bond donors (Lipinski definition) is 0. The van der Waals surface area contributed by atoms with Crippen LogP contribution in [0.2, 0.25) is 0 Å². The Balaban J connectivity index is 2.44. The van der Waals surface area contributed by atoms with Gasteiger partial charge in [0.2, 0.25) is 5.29 Å². The number of nitrogens with zero attached hydrogens (tertiary/aromatic N) is 2. The molecule has 2 rings (SSSR count). The highest BCUT2D eigenvalue weighted by molar-refractivity contribution is 9.11. The molecular formula is C8H4BrClN2O. The van der Waals surface area contributed by atoms with Gasteiger partial charge >= 0.3 is 0 Å². The van der Waals surface area contributed by atoms with E-state index < -0.39 is 0 Å². The Kier molecular flexibility index (Phi) is 2.17. The Morgan fingerprint density at radius 1 is 1.38 bits per heavy atom. The van der Waals surface area contributed by atoms with Gasteiger partial charge in [-0.3, -0.25) is 4.79 Å². The monoisotopic (exact) mass is 258 g/mol. The number of hydrogen-bond acceptors (Lipinski definition) is 2. The van der Waals surface area contributed by atoms with E-state index in [9.17, 15) is 4.79 Å². The number of carbonyl (C=O) groups is 1. The van der Waals surface area contributed by atoms with Crippen LogP contribution in [0.15, 0.2) is 32.7 Å².